The number of carbonyl (C=O) groups excluding carboxylic acids is 3. The third kappa shape index (κ3) is 5.47. The Balaban J connectivity index is 1.30. The molecule has 6 rings (SSSR count). The summed E-state index contributed by atoms with van der Waals surface area (Å²) >= 11 is 0. The van der Waals surface area contributed by atoms with Gasteiger partial charge in [0.25, 0.3) is 0 Å². The number of benzene rings is 2. The second-order valence-electron chi connectivity index (χ2n) is 11.9. The van der Waals surface area contributed by atoms with E-state index < -0.39 is 37.4 Å². The number of amides is 1. The summed E-state index contributed by atoms with van der Waals surface area (Å²) in [4.78, 5) is 37.7. The van der Waals surface area contributed by atoms with Crippen LogP contribution in [0.5, 0.6) is 5.75 Å². The Bertz CT molecular complexity index is 1300. The maximum atomic E-state index is 13.0. The molecule has 9 nitrogen and oxygen atoms in total. The van der Waals surface area contributed by atoms with Crippen LogP contribution in [0.2, 0.25) is 0 Å². The fourth-order valence-electron chi connectivity index (χ4n) is 6.85. The van der Waals surface area contributed by atoms with Crippen molar-refractivity contribution in [2.24, 2.45) is 17.3 Å². The zero-order valence-corrected chi connectivity index (χ0v) is 24.3. The molecule has 0 radical (unpaired) electrons. The first-order valence-electron chi connectivity index (χ1n) is 14.3. The van der Waals surface area contributed by atoms with E-state index in [1.165, 1.54) is 7.11 Å². The lowest BCUT2D eigenvalue weighted by Gasteiger charge is -2.64. The van der Waals surface area contributed by atoms with Crippen molar-refractivity contribution < 1.29 is 37.9 Å². The molecule has 1 amide bonds. The monoisotopic (exact) mass is 563 g/mol. The number of ether oxygens (including phenoxy) is 3. The highest BCUT2D eigenvalue weighted by atomic mass is 16.7. The van der Waals surface area contributed by atoms with Crippen LogP contribution in [0.3, 0.4) is 0 Å². The van der Waals surface area contributed by atoms with Crippen LogP contribution in [0.4, 0.5) is 0 Å². The smallest absolute Gasteiger partial charge is 0.482 e. The molecule has 218 valence electrons. The maximum absolute atomic E-state index is 13.0. The van der Waals surface area contributed by atoms with E-state index in [9.17, 15) is 14.4 Å². The number of esters is 2. The van der Waals surface area contributed by atoms with Crippen molar-refractivity contribution >= 4 is 25.0 Å². The fourth-order valence-corrected chi connectivity index (χ4v) is 6.85. The number of hydrogen-bond acceptors (Lipinski definition) is 8. The first kappa shape index (κ1) is 29.1. The fraction of sp³-hybridized carbons (Fsp3) is 0.516. The standard InChI is InChI=1S/C31H38BNO8/c1-6-26(34)33-25(32-40-24-17-21-16-23(30(21,2)3)31(24,4)41-32)15-20-13-10-14-22(27(20)37-5)29(36)39-18-38-28(35)19-11-8-7-9-12-19/h7-14,21,23-25H,6,15-18H2,1-5H3,(H,33,34). The normalized spacial score (nSPS) is 26.3. The van der Waals surface area contributed by atoms with Gasteiger partial charge in [0.2, 0.25) is 12.7 Å². The van der Waals surface area contributed by atoms with Crippen LogP contribution in [0.1, 0.15) is 73.2 Å². The van der Waals surface area contributed by atoms with Gasteiger partial charge in [0.15, 0.2) is 0 Å². The molecule has 4 fully saturated rings. The molecule has 0 aromatic heterocycles. The number of rotatable bonds is 10. The number of methoxy groups -OCH3 is 1. The zero-order chi connectivity index (χ0) is 29.4. The van der Waals surface area contributed by atoms with E-state index in [1.54, 1.807) is 49.4 Å². The Morgan fingerprint density at radius 2 is 1.76 bits per heavy atom. The first-order valence-corrected chi connectivity index (χ1v) is 14.3. The Kier molecular flexibility index (Phi) is 8.16. The Morgan fingerprint density at radius 3 is 2.44 bits per heavy atom. The van der Waals surface area contributed by atoms with Crippen molar-refractivity contribution in [2.75, 3.05) is 13.9 Å². The Labute approximate surface area is 241 Å². The molecule has 2 bridgehead atoms. The van der Waals surface area contributed by atoms with Gasteiger partial charge in [-0.3, -0.25) is 4.79 Å². The molecule has 3 saturated carbocycles. The summed E-state index contributed by atoms with van der Waals surface area (Å²) in [7, 11) is 0.825. The summed E-state index contributed by atoms with van der Waals surface area (Å²) < 4.78 is 29.1. The molecule has 1 saturated heterocycles. The van der Waals surface area contributed by atoms with E-state index in [1.807, 2.05) is 6.07 Å². The van der Waals surface area contributed by atoms with Gasteiger partial charge >= 0.3 is 19.1 Å². The maximum Gasteiger partial charge on any atom is 0.482 e. The van der Waals surface area contributed by atoms with E-state index in [2.05, 4.69) is 26.1 Å². The van der Waals surface area contributed by atoms with Crippen LogP contribution in [-0.4, -0.2) is 56.5 Å². The lowest BCUT2D eigenvalue weighted by molar-refractivity contribution is -0.199. The van der Waals surface area contributed by atoms with Crippen LogP contribution >= 0.6 is 0 Å². The number of nitrogens with one attached hydrogen (secondary N) is 1. The van der Waals surface area contributed by atoms with Crippen molar-refractivity contribution in [3.05, 3.63) is 65.2 Å². The van der Waals surface area contributed by atoms with Gasteiger partial charge in [-0.15, -0.1) is 0 Å². The van der Waals surface area contributed by atoms with Crippen LogP contribution in [0, 0.1) is 17.3 Å². The van der Waals surface area contributed by atoms with E-state index in [0.717, 1.165) is 12.8 Å². The molecule has 5 unspecified atom stereocenters. The highest BCUT2D eigenvalue weighted by molar-refractivity contribution is 6.48. The lowest BCUT2D eigenvalue weighted by atomic mass is 9.43. The summed E-state index contributed by atoms with van der Waals surface area (Å²) in [6.07, 6.45) is 2.65. The van der Waals surface area contributed by atoms with Gasteiger partial charge in [-0.1, -0.05) is 51.1 Å². The van der Waals surface area contributed by atoms with Crippen molar-refractivity contribution in [3.63, 3.8) is 0 Å². The van der Waals surface area contributed by atoms with Gasteiger partial charge < -0.3 is 28.8 Å². The van der Waals surface area contributed by atoms with Crippen molar-refractivity contribution in [1.82, 2.24) is 5.32 Å². The van der Waals surface area contributed by atoms with Gasteiger partial charge in [-0.05, 0) is 67.2 Å². The third-order valence-electron chi connectivity index (χ3n) is 9.31. The van der Waals surface area contributed by atoms with Crippen molar-refractivity contribution in [1.29, 1.82) is 0 Å². The highest BCUT2D eigenvalue weighted by Crippen LogP contribution is 2.65. The molecule has 2 aromatic rings. The largest absolute Gasteiger partial charge is 0.496 e. The van der Waals surface area contributed by atoms with Gasteiger partial charge in [-0.2, -0.15) is 0 Å². The summed E-state index contributed by atoms with van der Waals surface area (Å²) in [5.41, 5.74) is 0.984. The second-order valence-corrected chi connectivity index (χ2v) is 11.9. The van der Waals surface area contributed by atoms with Gasteiger partial charge in [0.05, 0.1) is 30.3 Å². The van der Waals surface area contributed by atoms with E-state index in [4.69, 9.17) is 23.5 Å². The van der Waals surface area contributed by atoms with Crippen molar-refractivity contribution in [2.45, 2.75) is 71.0 Å². The summed E-state index contributed by atoms with van der Waals surface area (Å²) in [5, 5.41) is 3.08. The van der Waals surface area contributed by atoms with Crippen LogP contribution < -0.4 is 10.1 Å². The highest BCUT2D eigenvalue weighted by Gasteiger charge is 2.68. The molecule has 2 aromatic carbocycles. The van der Waals surface area contributed by atoms with Gasteiger partial charge in [-0.25, -0.2) is 9.59 Å². The second kappa shape index (κ2) is 11.5. The summed E-state index contributed by atoms with van der Waals surface area (Å²) in [5.74, 6) is -0.624. The van der Waals surface area contributed by atoms with Gasteiger partial charge in [0, 0.05) is 6.42 Å². The molecular weight excluding hydrogens is 525 g/mol. The number of hydrogen-bond donors (Lipinski definition) is 1. The number of carbonyl (C=O) groups is 3. The zero-order valence-electron chi connectivity index (χ0n) is 24.3. The predicted molar refractivity (Wildman–Crippen MR) is 151 cm³/mol. The molecule has 0 spiro atoms. The quantitative estimate of drug-likeness (QED) is 0.258. The summed E-state index contributed by atoms with van der Waals surface area (Å²) in [6.45, 7) is 8.00. The molecule has 5 atom stereocenters. The lowest BCUT2D eigenvalue weighted by Crippen LogP contribution is -2.65. The van der Waals surface area contributed by atoms with Crippen LogP contribution in [0.25, 0.3) is 0 Å². The van der Waals surface area contributed by atoms with Crippen LogP contribution in [-0.2, 0) is 30.0 Å². The van der Waals surface area contributed by atoms with Gasteiger partial charge in [0.1, 0.15) is 11.3 Å². The molecule has 1 aliphatic heterocycles. The number of para-hydroxylation sites is 1. The molecular formula is C31H38BNO8. The van der Waals surface area contributed by atoms with E-state index >= 15 is 0 Å². The van der Waals surface area contributed by atoms with Crippen LogP contribution in [0.15, 0.2) is 48.5 Å². The van der Waals surface area contributed by atoms with Crippen molar-refractivity contribution in [3.8, 4) is 5.75 Å². The Hall–Kier alpha value is -3.37. The molecule has 41 heavy (non-hydrogen) atoms. The first-order chi connectivity index (χ1) is 19.6. The van der Waals surface area contributed by atoms with E-state index in [-0.39, 0.29) is 23.0 Å². The molecule has 4 aliphatic rings. The molecule has 10 heteroatoms. The SMILES string of the molecule is CCC(=O)NC(Cc1cccc(C(=O)OCOC(=O)c2ccccc2)c1OC)B1OC2CC3CC(C3(C)C)C2(C)O1. The minimum absolute atomic E-state index is 0.0351. The van der Waals surface area contributed by atoms with E-state index in [0.29, 0.717) is 41.6 Å². The molecule has 1 N–H and O–H groups in total. The predicted octanol–water partition coefficient (Wildman–Crippen LogP) is 4.37. The molecule has 1 heterocycles. The minimum Gasteiger partial charge on any atom is -0.496 e. The topological polar surface area (TPSA) is 109 Å². The summed E-state index contributed by atoms with van der Waals surface area (Å²) in [6, 6.07) is 13.6. The average molecular weight is 563 g/mol. The molecule has 3 aliphatic carbocycles. The average Bonchev–Trinajstić information content (AvgIpc) is 3.34. The Morgan fingerprint density at radius 1 is 1.02 bits per heavy atom. The third-order valence-corrected chi connectivity index (χ3v) is 9.31. The minimum atomic E-state index is -0.701.